The minimum Gasteiger partial charge on any atom is -0.480 e. The molecule has 0 aliphatic carbocycles. The van der Waals surface area contributed by atoms with Gasteiger partial charge in [-0.1, -0.05) is 48.5 Å². The fourth-order valence-electron chi connectivity index (χ4n) is 5.49. The number of amides is 3. The molecule has 0 saturated carbocycles. The normalized spacial score (nSPS) is 17.0. The number of nitrogens with zero attached hydrogens (tertiary/aromatic N) is 1. The number of benzene rings is 2. The van der Waals surface area contributed by atoms with Crippen LogP contribution in [0.3, 0.4) is 0 Å². The molecule has 2 heterocycles. The molecule has 1 aliphatic rings. The number of nitrogens with two attached hydrogens (primary N) is 2. The number of aliphatic carboxylic acids is 1. The molecule has 4 atom stereocenters. The van der Waals surface area contributed by atoms with Gasteiger partial charge in [-0.15, -0.1) is 0 Å². The van der Waals surface area contributed by atoms with Gasteiger partial charge < -0.3 is 37.1 Å². The van der Waals surface area contributed by atoms with Gasteiger partial charge in [0.1, 0.15) is 18.1 Å². The van der Waals surface area contributed by atoms with Gasteiger partial charge in [0.05, 0.1) is 6.04 Å². The van der Waals surface area contributed by atoms with E-state index in [9.17, 15) is 24.3 Å². The molecular formula is C31H40N6O5. The maximum Gasteiger partial charge on any atom is 0.326 e. The van der Waals surface area contributed by atoms with Crippen LogP contribution < -0.4 is 22.1 Å². The summed E-state index contributed by atoms with van der Waals surface area (Å²) < 4.78 is 0. The van der Waals surface area contributed by atoms with Crippen molar-refractivity contribution in [3.63, 3.8) is 0 Å². The molecule has 8 N–H and O–H groups in total. The van der Waals surface area contributed by atoms with Crippen molar-refractivity contribution in [3.8, 4) is 0 Å². The molecule has 3 amide bonds. The first-order chi connectivity index (χ1) is 20.3. The Bertz CT molecular complexity index is 1380. The monoisotopic (exact) mass is 576 g/mol. The molecule has 11 nitrogen and oxygen atoms in total. The van der Waals surface area contributed by atoms with E-state index in [4.69, 9.17) is 11.5 Å². The van der Waals surface area contributed by atoms with E-state index in [0.717, 1.165) is 22.0 Å². The van der Waals surface area contributed by atoms with E-state index in [1.54, 1.807) is 6.20 Å². The van der Waals surface area contributed by atoms with Crippen molar-refractivity contribution in [3.05, 3.63) is 71.9 Å². The summed E-state index contributed by atoms with van der Waals surface area (Å²) in [6.07, 6.45) is 4.71. The SMILES string of the molecule is NCCCCC(NC(=O)C(Cc1c[nH]c2ccccc12)NC(=O)C1CCCN1C(=O)C(N)Cc1ccccc1)C(=O)O. The lowest BCUT2D eigenvalue weighted by molar-refractivity contribution is -0.143. The molecule has 0 spiro atoms. The molecule has 42 heavy (non-hydrogen) atoms. The number of carboxylic acids is 1. The first kappa shape index (κ1) is 30.7. The quantitative estimate of drug-likeness (QED) is 0.157. The molecule has 1 fully saturated rings. The number of para-hydroxylation sites is 1. The lowest BCUT2D eigenvalue weighted by Crippen LogP contribution is -2.57. The lowest BCUT2D eigenvalue weighted by atomic mass is 10.0. The summed E-state index contributed by atoms with van der Waals surface area (Å²) in [7, 11) is 0. The molecule has 2 aromatic carbocycles. The first-order valence-electron chi connectivity index (χ1n) is 14.5. The van der Waals surface area contributed by atoms with Gasteiger partial charge in [-0.3, -0.25) is 14.4 Å². The van der Waals surface area contributed by atoms with Crippen LogP contribution in [0.2, 0.25) is 0 Å². The Labute approximate surface area is 245 Å². The summed E-state index contributed by atoms with van der Waals surface area (Å²) in [5.74, 6) is -2.55. The Morgan fingerprint density at radius 2 is 1.71 bits per heavy atom. The standard InChI is InChI=1S/C31H40N6O5/c32-15-7-6-13-25(31(41)42)35-28(38)26(18-21-19-34-24-12-5-4-11-22(21)24)36-29(39)27-14-8-16-37(27)30(40)23(33)17-20-9-2-1-3-10-20/h1-5,9-12,19,23,25-27,34H,6-8,13-18,32-33H2,(H,35,38)(H,36,39)(H,41,42). The third kappa shape index (κ3) is 7.74. The molecule has 1 aromatic heterocycles. The van der Waals surface area contributed by atoms with Crippen molar-refractivity contribution in [1.82, 2.24) is 20.5 Å². The summed E-state index contributed by atoms with van der Waals surface area (Å²) >= 11 is 0. The molecule has 4 rings (SSSR count). The highest BCUT2D eigenvalue weighted by molar-refractivity contribution is 5.95. The van der Waals surface area contributed by atoms with Crippen molar-refractivity contribution in [2.75, 3.05) is 13.1 Å². The van der Waals surface area contributed by atoms with Gasteiger partial charge in [-0.25, -0.2) is 4.79 Å². The highest BCUT2D eigenvalue weighted by Crippen LogP contribution is 2.22. The van der Waals surface area contributed by atoms with E-state index in [1.165, 1.54) is 4.90 Å². The molecule has 3 aromatic rings. The number of hydrogen-bond donors (Lipinski definition) is 6. The average Bonchev–Trinajstić information content (AvgIpc) is 3.64. The second-order valence-electron chi connectivity index (χ2n) is 10.8. The zero-order chi connectivity index (χ0) is 30.1. The number of fused-ring (bicyclic) bond motifs is 1. The number of nitrogens with one attached hydrogen (secondary N) is 3. The van der Waals surface area contributed by atoms with Crippen LogP contribution in [0.5, 0.6) is 0 Å². The van der Waals surface area contributed by atoms with Crippen molar-refractivity contribution in [2.45, 2.75) is 69.1 Å². The van der Waals surface area contributed by atoms with Crippen molar-refractivity contribution in [2.24, 2.45) is 11.5 Å². The second-order valence-corrected chi connectivity index (χ2v) is 10.8. The summed E-state index contributed by atoms with van der Waals surface area (Å²) in [4.78, 5) is 57.0. The number of likely N-dealkylation sites (tertiary alicyclic amines) is 1. The summed E-state index contributed by atoms with van der Waals surface area (Å²) in [5, 5.41) is 16.1. The smallest absolute Gasteiger partial charge is 0.326 e. The molecule has 11 heteroatoms. The van der Waals surface area contributed by atoms with Gasteiger partial charge in [0.25, 0.3) is 0 Å². The van der Waals surface area contributed by atoms with E-state index in [-0.39, 0.29) is 18.7 Å². The molecule has 1 saturated heterocycles. The predicted octanol–water partition coefficient (Wildman–Crippen LogP) is 1.45. The molecule has 4 unspecified atom stereocenters. The van der Waals surface area contributed by atoms with Crippen molar-refractivity contribution in [1.29, 1.82) is 0 Å². The van der Waals surface area contributed by atoms with E-state index in [2.05, 4.69) is 15.6 Å². The van der Waals surface area contributed by atoms with Crippen LogP contribution in [0.15, 0.2) is 60.8 Å². The Kier molecular flexibility index (Phi) is 10.7. The highest BCUT2D eigenvalue weighted by atomic mass is 16.4. The predicted molar refractivity (Wildman–Crippen MR) is 159 cm³/mol. The van der Waals surface area contributed by atoms with Gasteiger partial charge in [0.15, 0.2) is 0 Å². The Hall–Kier alpha value is -4.22. The van der Waals surface area contributed by atoms with Crippen LogP contribution in [-0.4, -0.2) is 75.9 Å². The summed E-state index contributed by atoms with van der Waals surface area (Å²) in [6.45, 7) is 0.812. The van der Waals surface area contributed by atoms with Crippen molar-refractivity contribution < 1.29 is 24.3 Å². The number of unbranched alkanes of at least 4 members (excludes halogenated alkanes) is 1. The topological polar surface area (TPSA) is 184 Å². The van der Waals surface area contributed by atoms with Gasteiger partial charge in [-0.05, 0) is 62.3 Å². The first-order valence-corrected chi connectivity index (χ1v) is 14.5. The van der Waals surface area contributed by atoms with Crippen LogP contribution in [0.25, 0.3) is 10.9 Å². The molecule has 0 radical (unpaired) electrons. The molecule has 0 bridgehead atoms. The molecule has 1 aliphatic heterocycles. The summed E-state index contributed by atoms with van der Waals surface area (Å²) in [5.41, 5.74) is 14.4. The van der Waals surface area contributed by atoms with Crippen LogP contribution in [-0.2, 0) is 32.0 Å². The largest absolute Gasteiger partial charge is 0.480 e. The third-order valence-corrected chi connectivity index (χ3v) is 7.75. The van der Waals surface area contributed by atoms with E-state index >= 15 is 0 Å². The fraction of sp³-hybridized carbons (Fsp3) is 0.419. The van der Waals surface area contributed by atoms with Gasteiger partial charge in [-0.2, -0.15) is 0 Å². The molecule has 224 valence electrons. The fourth-order valence-corrected chi connectivity index (χ4v) is 5.49. The highest BCUT2D eigenvalue weighted by Gasteiger charge is 2.38. The Morgan fingerprint density at radius 1 is 0.976 bits per heavy atom. The van der Waals surface area contributed by atoms with E-state index in [0.29, 0.717) is 45.2 Å². The maximum absolute atomic E-state index is 13.6. The zero-order valence-corrected chi connectivity index (χ0v) is 23.6. The minimum absolute atomic E-state index is 0.130. The number of carboxylic acid groups (broad SMARTS) is 1. The number of hydrogen-bond acceptors (Lipinski definition) is 6. The van der Waals surface area contributed by atoms with Crippen LogP contribution in [0.1, 0.15) is 43.2 Å². The average molecular weight is 577 g/mol. The molecular weight excluding hydrogens is 536 g/mol. The summed E-state index contributed by atoms with van der Waals surface area (Å²) in [6, 6.07) is 13.3. The van der Waals surface area contributed by atoms with Crippen LogP contribution in [0, 0.1) is 0 Å². The number of carbonyl (C=O) groups is 4. The van der Waals surface area contributed by atoms with Gasteiger partial charge in [0.2, 0.25) is 17.7 Å². The number of rotatable bonds is 14. The number of H-pyrrole nitrogens is 1. The van der Waals surface area contributed by atoms with Gasteiger partial charge >= 0.3 is 5.97 Å². The number of aromatic amines is 1. The zero-order valence-electron chi connectivity index (χ0n) is 23.6. The second kappa shape index (κ2) is 14.6. The minimum atomic E-state index is -1.16. The van der Waals surface area contributed by atoms with E-state index in [1.807, 2.05) is 54.6 Å². The van der Waals surface area contributed by atoms with Gasteiger partial charge in [0, 0.05) is 30.1 Å². The van der Waals surface area contributed by atoms with E-state index < -0.39 is 42.0 Å². The number of aromatic nitrogens is 1. The lowest BCUT2D eigenvalue weighted by Gasteiger charge is -2.28. The Morgan fingerprint density at radius 3 is 2.45 bits per heavy atom. The third-order valence-electron chi connectivity index (χ3n) is 7.75. The van der Waals surface area contributed by atoms with Crippen LogP contribution >= 0.6 is 0 Å². The number of carbonyl (C=O) groups excluding carboxylic acids is 3. The maximum atomic E-state index is 13.6. The van der Waals surface area contributed by atoms with Crippen LogP contribution in [0.4, 0.5) is 0 Å². The van der Waals surface area contributed by atoms with Crippen molar-refractivity contribution >= 4 is 34.6 Å². The Balaban J connectivity index is 1.50.